The van der Waals surface area contributed by atoms with Crippen molar-refractivity contribution in [2.75, 3.05) is 13.2 Å². The summed E-state index contributed by atoms with van der Waals surface area (Å²) in [6, 6.07) is 10.4. The number of rotatable bonds is 7. The van der Waals surface area contributed by atoms with Gasteiger partial charge in [0.2, 0.25) is 5.91 Å². The van der Waals surface area contributed by atoms with Crippen LogP contribution in [0.4, 0.5) is 0 Å². The Balaban J connectivity index is 1.69. The van der Waals surface area contributed by atoms with Crippen molar-refractivity contribution in [1.82, 2.24) is 5.32 Å². The minimum Gasteiger partial charge on any atom is -0.484 e. The van der Waals surface area contributed by atoms with Crippen LogP contribution in [0.1, 0.15) is 15.2 Å². The summed E-state index contributed by atoms with van der Waals surface area (Å²) in [6.45, 7) is 0.531. The fourth-order valence-electron chi connectivity index (χ4n) is 1.70. The van der Waals surface area contributed by atoms with E-state index in [9.17, 15) is 9.59 Å². The van der Waals surface area contributed by atoms with Gasteiger partial charge in [-0.3, -0.25) is 9.59 Å². The highest BCUT2D eigenvalue weighted by molar-refractivity contribution is 7.09. The summed E-state index contributed by atoms with van der Waals surface area (Å²) in [5, 5.41) is 4.80. The highest BCUT2D eigenvalue weighted by Crippen LogP contribution is 2.11. The molecule has 0 saturated carbocycles. The Labute approximate surface area is 126 Å². The second-order valence-corrected chi connectivity index (χ2v) is 5.39. The maximum atomic E-state index is 11.6. The second-order valence-electron chi connectivity index (χ2n) is 4.36. The lowest BCUT2D eigenvalue weighted by Crippen LogP contribution is -2.30. The van der Waals surface area contributed by atoms with Gasteiger partial charge in [0.25, 0.3) is 5.91 Å². The number of ether oxygens (including phenoxy) is 1. The minimum atomic E-state index is -0.493. The lowest BCUT2D eigenvalue weighted by atomic mass is 10.2. The van der Waals surface area contributed by atoms with E-state index >= 15 is 0 Å². The summed E-state index contributed by atoms with van der Waals surface area (Å²) < 4.78 is 5.33. The molecule has 0 saturated heterocycles. The van der Waals surface area contributed by atoms with E-state index in [1.807, 2.05) is 17.5 Å². The molecule has 0 aliphatic carbocycles. The number of primary amides is 1. The normalized spacial score (nSPS) is 10.1. The monoisotopic (exact) mass is 304 g/mol. The highest BCUT2D eigenvalue weighted by atomic mass is 32.1. The first-order valence-electron chi connectivity index (χ1n) is 6.47. The zero-order valence-electron chi connectivity index (χ0n) is 11.4. The van der Waals surface area contributed by atoms with Gasteiger partial charge >= 0.3 is 0 Å². The molecule has 0 atom stereocenters. The zero-order chi connectivity index (χ0) is 15.1. The van der Waals surface area contributed by atoms with E-state index in [-0.39, 0.29) is 12.5 Å². The molecule has 0 fully saturated rings. The van der Waals surface area contributed by atoms with Crippen molar-refractivity contribution in [3.05, 3.63) is 52.2 Å². The predicted octanol–water partition coefficient (Wildman–Crippen LogP) is 1.58. The van der Waals surface area contributed by atoms with Crippen molar-refractivity contribution >= 4 is 23.2 Å². The van der Waals surface area contributed by atoms with Gasteiger partial charge in [0.05, 0.1) is 0 Å². The Kier molecular flexibility index (Phi) is 5.34. The highest BCUT2D eigenvalue weighted by Gasteiger charge is 2.04. The van der Waals surface area contributed by atoms with E-state index < -0.39 is 5.91 Å². The van der Waals surface area contributed by atoms with E-state index in [1.54, 1.807) is 35.6 Å². The number of amides is 2. The van der Waals surface area contributed by atoms with Gasteiger partial charge in [0.1, 0.15) is 5.75 Å². The average molecular weight is 304 g/mol. The molecule has 2 rings (SSSR count). The first-order valence-corrected chi connectivity index (χ1v) is 7.35. The molecule has 2 aromatic rings. The predicted molar refractivity (Wildman–Crippen MR) is 81.5 cm³/mol. The topological polar surface area (TPSA) is 81.4 Å². The van der Waals surface area contributed by atoms with E-state index in [4.69, 9.17) is 10.5 Å². The Morgan fingerprint density at radius 2 is 1.95 bits per heavy atom. The van der Waals surface area contributed by atoms with Crippen LogP contribution < -0.4 is 15.8 Å². The van der Waals surface area contributed by atoms with Crippen molar-refractivity contribution in [3.8, 4) is 5.75 Å². The molecule has 6 heteroatoms. The number of nitrogens with two attached hydrogens (primary N) is 1. The number of nitrogens with one attached hydrogen (secondary N) is 1. The summed E-state index contributed by atoms with van der Waals surface area (Å²) in [5.41, 5.74) is 5.54. The van der Waals surface area contributed by atoms with Crippen LogP contribution in [-0.4, -0.2) is 25.0 Å². The lowest BCUT2D eigenvalue weighted by Gasteiger charge is -2.07. The molecule has 0 unspecified atom stereocenters. The Morgan fingerprint density at radius 3 is 2.57 bits per heavy atom. The van der Waals surface area contributed by atoms with E-state index in [1.165, 1.54) is 4.88 Å². The number of hydrogen-bond donors (Lipinski definition) is 2. The molecular formula is C15H16N2O3S. The van der Waals surface area contributed by atoms with Gasteiger partial charge in [-0.2, -0.15) is 0 Å². The van der Waals surface area contributed by atoms with Gasteiger partial charge in [-0.05, 0) is 42.1 Å². The molecule has 0 radical (unpaired) electrons. The molecule has 0 spiro atoms. The van der Waals surface area contributed by atoms with Crippen LogP contribution in [-0.2, 0) is 11.2 Å². The summed E-state index contributed by atoms with van der Waals surface area (Å²) in [6.07, 6.45) is 0.816. The van der Waals surface area contributed by atoms with Gasteiger partial charge in [-0.15, -0.1) is 11.3 Å². The lowest BCUT2D eigenvalue weighted by molar-refractivity contribution is -0.123. The summed E-state index contributed by atoms with van der Waals surface area (Å²) in [4.78, 5) is 23.8. The minimum absolute atomic E-state index is 0.0552. The van der Waals surface area contributed by atoms with Crippen LogP contribution in [0.5, 0.6) is 5.75 Å². The largest absolute Gasteiger partial charge is 0.484 e. The molecule has 3 N–H and O–H groups in total. The third kappa shape index (κ3) is 4.92. The first-order chi connectivity index (χ1) is 10.1. The van der Waals surface area contributed by atoms with Crippen molar-refractivity contribution < 1.29 is 14.3 Å². The van der Waals surface area contributed by atoms with Crippen LogP contribution in [0.15, 0.2) is 41.8 Å². The SMILES string of the molecule is NC(=O)c1ccc(OCC(=O)NCCc2cccs2)cc1. The molecule has 5 nitrogen and oxygen atoms in total. The molecule has 0 aliphatic heterocycles. The number of carbonyl (C=O) groups is 2. The second kappa shape index (κ2) is 7.44. The molecule has 21 heavy (non-hydrogen) atoms. The number of thiophene rings is 1. The molecule has 0 aliphatic rings. The fourth-order valence-corrected chi connectivity index (χ4v) is 2.40. The summed E-state index contributed by atoms with van der Waals surface area (Å²) in [7, 11) is 0. The smallest absolute Gasteiger partial charge is 0.257 e. The number of carbonyl (C=O) groups excluding carboxylic acids is 2. The van der Waals surface area contributed by atoms with E-state index in [2.05, 4.69) is 5.32 Å². The summed E-state index contributed by atoms with van der Waals surface area (Å²) in [5.74, 6) is -0.146. The van der Waals surface area contributed by atoms with Gasteiger partial charge in [-0.25, -0.2) is 0 Å². The van der Waals surface area contributed by atoms with Gasteiger partial charge in [0.15, 0.2) is 6.61 Å². The van der Waals surface area contributed by atoms with Crippen LogP contribution in [0, 0.1) is 0 Å². The van der Waals surface area contributed by atoms with Crippen LogP contribution in [0.25, 0.3) is 0 Å². The van der Waals surface area contributed by atoms with Crippen LogP contribution in [0.3, 0.4) is 0 Å². The third-order valence-corrected chi connectivity index (χ3v) is 3.72. The molecule has 2 amide bonds. The number of hydrogen-bond acceptors (Lipinski definition) is 4. The van der Waals surface area contributed by atoms with Crippen molar-refractivity contribution in [2.24, 2.45) is 5.73 Å². The summed E-state index contributed by atoms with van der Waals surface area (Å²) >= 11 is 1.67. The Hall–Kier alpha value is -2.34. The maximum Gasteiger partial charge on any atom is 0.257 e. The number of benzene rings is 1. The third-order valence-electron chi connectivity index (χ3n) is 2.78. The Morgan fingerprint density at radius 1 is 1.19 bits per heavy atom. The first kappa shape index (κ1) is 15.1. The zero-order valence-corrected chi connectivity index (χ0v) is 12.2. The fraction of sp³-hybridized carbons (Fsp3) is 0.200. The maximum absolute atomic E-state index is 11.6. The molecular weight excluding hydrogens is 288 g/mol. The van der Waals surface area contributed by atoms with Crippen LogP contribution in [0.2, 0.25) is 0 Å². The Bertz CT molecular complexity index is 594. The van der Waals surface area contributed by atoms with Crippen LogP contribution >= 0.6 is 11.3 Å². The molecule has 1 aromatic heterocycles. The van der Waals surface area contributed by atoms with Crippen molar-refractivity contribution in [1.29, 1.82) is 0 Å². The molecule has 1 heterocycles. The quantitative estimate of drug-likeness (QED) is 0.815. The standard InChI is InChI=1S/C15H16N2O3S/c16-15(19)11-3-5-12(6-4-11)20-10-14(18)17-8-7-13-2-1-9-21-13/h1-6,9H,7-8,10H2,(H2,16,19)(H,17,18). The molecule has 110 valence electrons. The van der Waals surface area contributed by atoms with Gasteiger partial charge < -0.3 is 15.8 Å². The van der Waals surface area contributed by atoms with E-state index in [0.717, 1.165) is 6.42 Å². The van der Waals surface area contributed by atoms with Crippen molar-refractivity contribution in [2.45, 2.75) is 6.42 Å². The average Bonchev–Trinajstić information content (AvgIpc) is 2.99. The van der Waals surface area contributed by atoms with Gasteiger partial charge in [0, 0.05) is 17.0 Å². The van der Waals surface area contributed by atoms with Gasteiger partial charge in [-0.1, -0.05) is 6.07 Å². The molecule has 0 bridgehead atoms. The van der Waals surface area contributed by atoms with Crippen molar-refractivity contribution in [3.63, 3.8) is 0 Å². The van der Waals surface area contributed by atoms with E-state index in [0.29, 0.717) is 17.9 Å². The molecule has 1 aromatic carbocycles.